The summed E-state index contributed by atoms with van der Waals surface area (Å²) in [5.41, 5.74) is 0.888. The van der Waals surface area contributed by atoms with Crippen LogP contribution < -0.4 is 10.1 Å². The number of amides is 2. The molecule has 0 saturated carbocycles. The number of nitrogens with one attached hydrogen (secondary N) is 1. The van der Waals surface area contributed by atoms with Gasteiger partial charge in [0.05, 0.1) is 0 Å². The topological polar surface area (TPSA) is 58.6 Å². The zero-order valence-corrected chi connectivity index (χ0v) is 16.1. The summed E-state index contributed by atoms with van der Waals surface area (Å²) in [5.74, 6) is -0.602. The van der Waals surface area contributed by atoms with Crippen molar-refractivity contribution in [3.63, 3.8) is 0 Å². The van der Waals surface area contributed by atoms with Crippen LogP contribution in [-0.2, 0) is 16.1 Å². The molecule has 1 atom stereocenters. The van der Waals surface area contributed by atoms with Crippen molar-refractivity contribution in [1.82, 2.24) is 10.2 Å². The Morgan fingerprint density at radius 2 is 1.77 bits per heavy atom. The maximum Gasteiger partial charge on any atom is 0.261 e. The van der Waals surface area contributed by atoms with Crippen molar-refractivity contribution in [3.8, 4) is 5.75 Å². The predicted molar refractivity (Wildman–Crippen MR) is 100 cm³/mol. The summed E-state index contributed by atoms with van der Waals surface area (Å²) in [6, 6.07) is 12.2. The Morgan fingerprint density at radius 1 is 1.15 bits per heavy atom. The largest absolute Gasteiger partial charge is 0.484 e. The molecule has 0 aliphatic carbocycles. The van der Waals surface area contributed by atoms with Crippen LogP contribution in [0.15, 0.2) is 53.0 Å². The molecule has 0 heterocycles. The number of halogens is 2. The Labute approximate surface area is 160 Å². The lowest BCUT2D eigenvalue weighted by molar-refractivity contribution is -0.142. The molecule has 0 spiro atoms. The zero-order chi connectivity index (χ0) is 19.1. The summed E-state index contributed by atoms with van der Waals surface area (Å²) < 4.78 is 19.3. The first kappa shape index (κ1) is 19.9. The van der Waals surface area contributed by atoms with Crippen LogP contribution in [0, 0.1) is 5.82 Å². The smallest absolute Gasteiger partial charge is 0.261 e. The Balaban J connectivity index is 2.10. The molecule has 2 amide bonds. The first-order chi connectivity index (χ1) is 12.4. The molecule has 0 aliphatic rings. The Kier molecular flexibility index (Phi) is 7.15. The number of likely N-dealkylation sites (N-methyl/N-ethyl adjacent to an activating group) is 1. The quantitative estimate of drug-likeness (QED) is 0.745. The maximum atomic E-state index is 12.9. The molecule has 26 heavy (non-hydrogen) atoms. The second-order valence-electron chi connectivity index (χ2n) is 5.68. The average molecular weight is 423 g/mol. The number of benzene rings is 2. The summed E-state index contributed by atoms with van der Waals surface area (Å²) in [6.45, 7) is 1.68. The van der Waals surface area contributed by atoms with Crippen LogP contribution in [0.2, 0.25) is 0 Å². The first-order valence-corrected chi connectivity index (χ1v) is 8.84. The Bertz CT molecular complexity index is 750. The van der Waals surface area contributed by atoms with E-state index in [-0.39, 0.29) is 30.8 Å². The molecule has 2 rings (SSSR count). The second kappa shape index (κ2) is 9.33. The summed E-state index contributed by atoms with van der Waals surface area (Å²) in [5, 5.41) is 2.55. The molecule has 138 valence electrons. The fourth-order valence-corrected chi connectivity index (χ4v) is 2.60. The SMILES string of the molecule is CNC(=O)[C@H](C)N(Cc1ccc(Br)cc1)C(=O)COc1ccc(F)cc1. The monoisotopic (exact) mass is 422 g/mol. The van der Waals surface area contributed by atoms with Gasteiger partial charge in [-0.2, -0.15) is 0 Å². The van der Waals surface area contributed by atoms with Crippen LogP contribution in [-0.4, -0.2) is 36.4 Å². The fourth-order valence-electron chi connectivity index (χ4n) is 2.34. The van der Waals surface area contributed by atoms with Crippen molar-refractivity contribution in [2.24, 2.45) is 0 Å². The highest BCUT2D eigenvalue weighted by atomic mass is 79.9. The van der Waals surface area contributed by atoms with E-state index < -0.39 is 6.04 Å². The van der Waals surface area contributed by atoms with Crippen LogP contribution >= 0.6 is 15.9 Å². The minimum Gasteiger partial charge on any atom is -0.484 e. The highest BCUT2D eigenvalue weighted by Gasteiger charge is 2.25. The van der Waals surface area contributed by atoms with Gasteiger partial charge in [-0.25, -0.2) is 4.39 Å². The van der Waals surface area contributed by atoms with E-state index in [0.717, 1.165) is 10.0 Å². The van der Waals surface area contributed by atoms with E-state index in [2.05, 4.69) is 21.2 Å². The number of rotatable bonds is 7. The van der Waals surface area contributed by atoms with E-state index in [9.17, 15) is 14.0 Å². The molecule has 0 radical (unpaired) electrons. The third-order valence-corrected chi connectivity index (χ3v) is 4.38. The third kappa shape index (κ3) is 5.56. The van der Waals surface area contributed by atoms with Crippen LogP contribution in [0.3, 0.4) is 0 Å². The van der Waals surface area contributed by atoms with Crippen molar-refractivity contribution in [2.45, 2.75) is 19.5 Å². The van der Waals surface area contributed by atoms with Crippen LogP contribution in [0.25, 0.3) is 0 Å². The number of ether oxygens (including phenoxy) is 1. The number of carbonyl (C=O) groups is 2. The molecule has 0 saturated heterocycles. The molecule has 1 N–H and O–H groups in total. The highest BCUT2D eigenvalue weighted by Crippen LogP contribution is 2.15. The lowest BCUT2D eigenvalue weighted by Crippen LogP contribution is -2.48. The molecule has 0 fully saturated rings. The molecule has 0 unspecified atom stereocenters. The predicted octanol–water partition coefficient (Wildman–Crippen LogP) is 3.13. The highest BCUT2D eigenvalue weighted by molar-refractivity contribution is 9.10. The lowest BCUT2D eigenvalue weighted by atomic mass is 10.1. The Hall–Kier alpha value is -2.41. The van der Waals surface area contributed by atoms with Crippen molar-refractivity contribution in [3.05, 3.63) is 64.4 Å². The van der Waals surface area contributed by atoms with E-state index in [1.807, 2.05) is 24.3 Å². The summed E-state index contributed by atoms with van der Waals surface area (Å²) in [7, 11) is 1.52. The number of nitrogens with zero attached hydrogens (tertiary/aromatic N) is 1. The van der Waals surface area contributed by atoms with Gasteiger partial charge < -0.3 is 15.0 Å². The molecule has 2 aromatic carbocycles. The van der Waals surface area contributed by atoms with Crippen LogP contribution in [0.4, 0.5) is 4.39 Å². The summed E-state index contributed by atoms with van der Waals surface area (Å²) in [4.78, 5) is 26.1. The molecule has 5 nitrogen and oxygen atoms in total. The Morgan fingerprint density at radius 3 is 2.35 bits per heavy atom. The second-order valence-corrected chi connectivity index (χ2v) is 6.60. The van der Waals surface area contributed by atoms with Crippen LogP contribution in [0.1, 0.15) is 12.5 Å². The molecular formula is C19H20BrFN2O3. The normalized spacial score (nSPS) is 11.5. The molecule has 0 bridgehead atoms. The zero-order valence-electron chi connectivity index (χ0n) is 14.5. The van der Waals surface area contributed by atoms with Gasteiger partial charge in [0.2, 0.25) is 5.91 Å². The number of hydrogen-bond acceptors (Lipinski definition) is 3. The first-order valence-electron chi connectivity index (χ1n) is 8.04. The van der Waals surface area contributed by atoms with E-state index in [1.165, 1.54) is 36.2 Å². The molecule has 7 heteroatoms. The van der Waals surface area contributed by atoms with E-state index in [4.69, 9.17) is 4.74 Å². The molecule has 0 aliphatic heterocycles. The van der Waals surface area contributed by atoms with Crippen molar-refractivity contribution in [1.29, 1.82) is 0 Å². The van der Waals surface area contributed by atoms with Gasteiger partial charge in [0.1, 0.15) is 17.6 Å². The average Bonchev–Trinajstić information content (AvgIpc) is 2.65. The van der Waals surface area contributed by atoms with E-state index in [1.54, 1.807) is 6.92 Å². The standard InChI is InChI=1S/C19H20BrFN2O3/c1-13(19(25)22-2)23(11-14-3-5-15(20)6-4-14)18(24)12-26-17-9-7-16(21)8-10-17/h3-10,13H,11-12H2,1-2H3,(H,22,25)/t13-/m0/s1. The van der Waals surface area contributed by atoms with Crippen molar-refractivity contribution in [2.75, 3.05) is 13.7 Å². The summed E-state index contributed by atoms with van der Waals surface area (Å²) in [6.07, 6.45) is 0. The van der Waals surface area contributed by atoms with Gasteiger partial charge in [-0.05, 0) is 48.9 Å². The molecule has 2 aromatic rings. The van der Waals surface area contributed by atoms with Crippen molar-refractivity contribution < 1.29 is 18.7 Å². The number of hydrogen-bond donors (Lipinski definition) is 1. The fraction of sp³-hybridized carbons (Fsp3) is 0.263. The van der Waals surface area contributed by atoms with Gasteiger partial charge >= 0.3 is 0 Å². The van der Waals surface area contributed by atoms with Gasteiger partial charge in [-0.3, -0.25) is 9.59 Å². The van der Waals surface area contributed by atoms with Gasteiger partial charge in [0.25, 0.3) is 5.91 Å². The molecular weight excluding hydrogens is 403 g/mol. The van der Waals surface area contributed by atoms with Crippen LogP contribution in [0.5, 0.6) is 5.75 Å². The third-order valence-electron chi connectivity index (χ3n) is 3.86. The minimum absolute atomic E-state index is 0.247. The maximum absolute atomic E-state index is 12.9. The van der Waals surface area contributed by atoms with Gasteiger partial charge in [0, 0.05) is 18.1 Å². The minimum atomic E-state index is -0.659. The lowest BCUT2D eigenvalue weighted by Gasteiger charge is -2.28. The van der Waals surface area contributed by atoms with Gasteiger partial charge in [0.15, 0.2) is 6.61 Å². The van der Waals surface area contributed by atoms with E-state index >= 15 is 0 Å². The summed E-state index contributed by atoms with van der Waals surface area (Å²) >= 11 is 3.37. The van der Waals surface area contributed by atoms with Gasteiger partial charge in [-0.15, -0.1) is 0 Å². The molecule has 0 aromatic heterocycles. The van der Waals surface area contributed by atoms with Gasteiger partial charge in [-0.1, -0.05) is 28.1 Å². The van der Waals surface area contributed by atoms with E-state index in [0.29, 0.717) is 5.75 Å². The van der Waals surface area contributed by atoms with Crippen molar-refractivity contribution >= 4 is 27.7 Å². The number of carbonyl (C=O) groups excluding carboxylic acids is 2.